The number of allylic oxidation sites excluding steroid dienone is 2. The predicted octanol–water partition coefficient (Wildman–Crippen LogP) is 3.15. The molecule has 0 fully saturated rings. The van der Waals surface area contributed by atoms with E-state index in [4.69, 9.17) is 0 Å². The van der Waals surface area contributed by atoms with Gasteiger partial charge in [-0.1, -0.05) is 6.92 Å². The average Bonchev–Trinajstić information content (AvgIpc) is 1.88. The summed E-state index contributed by atoms with van der Waals surface area (Å²) in [5.74, 6) is -0.770. The Hall–Kier alpha value is -0.470. The van der Waals surface area contributed by atoms with Crippen molar-refractivity contribution in [2.75, 3.05) is 6.67 Å². The zero-order chi connectivity index (χ0) is 8.85. The summed E-state index contributed by atoms with van der Waals surface area (Å²) < 4.78 is 36.7. The van der Waals surface area contributed by atoms with E-state index in [0.717, 1.165) is 0 Å². The zero-order valence-electron chi connectivity index (χ0n) is 6.54. The first-order valence-electron chi connectivity index (χ1n) is 3.54. The highest BCUT2D eigenvalue weighted by Crippen LogP contribution is 2.19. The van der Waals surface area contributed by atoms with Crippen molar-refractivity contribution in [2.24, 2.45) is 0 Å². The molecule has 0 aliphatic rings. The Balaban J connectivity index is 4.15. The van der Waals surface area contributed by atoms with E-state index in [1.165, 1.54) is 0 Å². The van der Waals surface area contributed by atoms with Gasteiger partial charge in [-0.2, -0.15) is 0 Å². The second kappa shape index (κ2) is 5.22. The second-order valence-corrected chi connectivity index (χ2v) is 2.23. The number of hydrogen-bond acceptors (Lipinski definition) is 0. The van der Waals surface area contributed by atoms with Crippen LogP contribution in [0.25, 0.3) is 0 Å². The third kappa shape index (κ3) is 3.44. The van der Waals surface area contributed by atoms with Gasteiger partial charge in [0.15, 0.2) is 0 Å². The van der Waals surface area contributed by atoms with Crippen LogP contribution in [0.15, 0.2) is 11.4 Å². The summed E-state index contributed by atoms with van der Waals surface area (Å²) in [5, 5.41) is 0. The molecule has 0 nitrogen and oxygen atoms in total. The molecule has 11 heavy (non-hydrogen) atoms. The molecule has 0 spiro atoms. The molecule has 0 saturated heterocycles. The van der Waals surface area contributed by atoms with E-state index < -0.39 is 18.7 Å². The molecule has 0 aromatic heterocycles. The van der Waals surface area contributed by atoms with Gasteiger partial charge in [0.25, 0.3) is 0 Å². The summed E-state index contributed by atoms with van der Waals surface area (Å²) in [4.78, 5) is 0. The van der Waals surface area contributed by atoms with Crippen LogP contribution in [0.5, 0.6) is 0 Å². The lowest BCUT2D eigenvalue weighted by molar-refractivity contribution is 0.310. The molecule has 0 aliphatic carbocycles. The third-order valence-corrected chi connectivity index (χ3v) is 1.47. The van der Waals surface area contributed by atoms with Crippen molar-refractivity contribution in [1.29, 1.82) is 0 Å². The minimum atomic E-state index is -1.51. The quantitative estimate of drug-likeness (QED) is 0.600. The standard InChI is InChI=1S/C8H12F3/c1-3-7(6(2)10)8(11)4-5-9/h8H,2-5H2,1H3. The van der Waals surface area contributed by atoms with E-state index in [-0.39, 0.29) is 18.4 Å². The molecule has 65 valence electrons. The van der Waals surface area contributed by atoms with Crippen molar-refractivity contribution in [1.82, 2.24) is 0 Å². The molecule has 0 saturated carbocycles. The summed E-state index contributed by atoms with van der Waals surface area (Å²) in [7, 11) is 0. The molecule has 3 heteroatoms. The first-order chi connectivity index (χ1) is 5.13. The summed E-state index contributed by atoms with van der Waals surface area (Å²) in [6.45, 7) is 3.81. The first-order valence-corrected chi connectivity index (χ1v) is 3.54. The number of rotatable bonds is 4. The van der Waals surface area contributed by atoms with E-state index in [9.17, 15) is 13.2 Å². The van der Waals surface area contributed by atoms with Gasteiger partial charge in [-0.05, 0) is 12.0 Å². The maximum atomic E-state index is 12.7. The van der Waals surface area contributed by atoms with Crippen molar-refractivity contribution in [3.63, 3.8) is 0 Å². The molecule has 0 aliphatic heterocycles. The van der Waals surface area contributed by atoms with Gasteiger partial charge in [0, 0.05) is 13.3 Å². The Morgan fingerprint density at radius 3 is 2.36 bits per heavy atom. The SMILES string of the molecule is [CH2]C(F)=C(CC)C(F)CCF. The van der Waals surface area contributed by atoms with Crippen LogP contribution < -0.4 is 0 Å². The number of hydrogen-bond donors (Lipinski definition) is 0. The van der Waals surface area contributed by atoms with Gasteiger partial charge in [-0.25, -0.2) is 8.78 Å². The van der Waals surface area contributed by atoms with Crippen molar-refractivity contribution in [2.45, 2.75) is 25.9 Å². The fourth-order valence-electron chi connectivity index (χ4n) is 0.853. The Labute approximate surface area is 65.1 Å². The van der Waals surface area contributed by atoms with Crippen LogP contribution in [-0.4, -0.2) is 12.8 Å². The third-order valence-electron chi connectivity index (χ3n) is 1.47. The molecule has 1 unspecified atom stereocenters. The molecule has 1 atom stereocenters. The zero-order valence-corrected chi connectivity index (χ0v) is 6.54. The van der Waals surface area contributed by atoms with Gasteiger partial charge in [0.1, 0.15) is 12.0 Å². The Morgan fingerprint density at radius 1 is 1.55 bits per heavy atom. The lowest BCUT2D eigenvalue weighted by atomic mass is 10.1. The molecular formula is C8H12F3. The topological polar surface area (TPSA) is 0 Å². The maximum Gasteiger partial charge on any atom is 0.126 e. The summed E-state index contributed by atoms with van der Waals surface area (Å²) in [6.07, 6.45) is -1.54. The van der Waals surface area contributed by atoms with Crippen LogP contribution in [0.4, 0.5) is 13.2 Å². The lowest BCUT2D eigenvalue weighted by Gasteiger charge is -2.08. The number of halogens is 3. The van der Waals surface area contributed by atoms with Gasteiger partial charge >= 0.3 is 0 Å². The smallest absolute Gasteiger partial charge is 0.126 e. The predicted molar refractivity (Wildman–Crippen MR) is 39.3 cm³/mol. The van der Waals surface area contributed by atoms with Crippen LogP contribution >= 0.6 is 0 Å². The van der Waals surface area contributed by atoms with Crippen LogP contribution in [0.2, 0.25) is 0 Å². The lowest BCUT2D eigenvalue weighted by Crippen LogP contribution is -2.06. The molecule has 0 N–H and O–H groups in total. The molecule has 0 aromatic carbocycles. The highest BCUT2D eigenvalue weighted by Gasteiger charge is 2.13. The van der Waals surface area contributed by atoms with E-state index in [0.29, 0.717) is 0 Å². The Morgan fingerprint density at radius 2 is 2.09 bits per heavy atom. The van der Waals surface area contributed by atoms with Gasteiger partial charge in [-0.3, -0.25) is 4.39 Å². The highest BCUT2D eigenvalue weighted by molar-refractivity contribution is 5.14. The van der Waals surface area contributed by atoms with E-state index in [2.05, 4.69) is 6.92 Å². The van der Waals surface area contributed by atoms with Crippen molar-refractivity contribution in [3.05, 3.63) is 18.3 Å². The molecule has 0 bridgehead atoms. The van der Waals surface area contributed by atoms with Gasteiger partial charge in [0.05, 0.1) is 6.67 Å². The highest BCUT2D eigenvalue weighted by atomic mass is 19.1. The molecule has 0 rings (SSSR count). The molecule has 0 amide bonds. The van der Waals surface area contributed by atoms with Crippen LogP contribution in [0.3, 0.4) is 0 Å². The van der Waals surface area contributed by atoms with Crippen LogP contribution in [0, 0.1) is 6.92 Å². The second-order valence-electron chi connectivity index (χ2n) is 2.23. The molecular weight excluding hydrogens is 153 g/mol. The van der Waals surface area contributed by atoms with Gasteiger partial charge in [-0.15, -0.1) is 0 Å². The molecule has 0 heterocycles. The van der Waals surface area contributed by atoms with E-state index >= 15 is 0 Å². The maximum absolute atomic E-state index is 12.7. The normalized spacial score (nSPS) is 16.1. The fourth-order valence-corrected chi connectivity index (χ4v) is 0.853. The van der Waals surface area contributed by atoms with Crippen molar-refractivity contribution >= 4 is 0 Å². The van der Waals surface area contributed by atoms with E-state index in [1.807, 2.05) is 0 Å². The Kier molecular flexibility index (Phi) is 4.99. The van der Waals surface area contributed by atoms with Gasteiger partial charge < -0.3 is 0 Å². The minimum Gasteiger partial charge on any atom is -0.251 e. The first kappa shape index (κ1) is 10.5. The minimum absolute atomic E-state index is 0.0253. The van der Waals surface area contributed by atoms with Crippen molar-refractivity contribution in [3.8, 4) is 0 Å². The monoisotopic (exact) mass is 165 g/mol. The van der Waals surface area contributed by atoms with E-state index in [1.54, 1.807) is 6.92 Å². The fraction of sp³-hybridized carbons (Fsp3) is 0.625. The summed E-state index contributed by atoms with van der Waals surface area (Å²) >= 11 is 0. The largest absolute Gasteiger partial charge is 0.251 e. The Bertz CT molecular complexity index is 136. The van der Waals surface area contributed by atoms with Crippen LogP contribution in [0.1, 0.15) is 19.8 Å². The average molecular weight is 165 g/mol. The summed E-state index contributed by atoms with van der Waals surface area (Å²) in [6, 6.07) is 0. The summed E-state index contributed by atoms with van der Waals surface area (Å²) in [5.41, 5.74) is -0.0253. The molecule has 0 aromatic rings. The van der Waals surface area contributed by atoms with Crippen molar-refractivity contribution < 1.29 is 13.2 Å². The number of alkyl halides is 2. The van der Waals surface area contributed by atoms with Gasteiger partial charge in [0.2, 0.25) is 0 Å². The van der Waals surface area contributed by atoms with Crippen LogP contribution in [-0.2, 0) is 0 Å². The molecule has 1 radical (unpaired) electrons.